The molecule has 1 aliphatic heterocycles. The maximum atomic E-state index is 13.7. The maximum Gasteiger partial charge on any atom is 0.292 e. The number of carbonyl (C=O) groups is 1. The fourth-order valence-electron chi connectivity index (χ4n) is 4.80. The number of rotatable bonds is 5. The number of aliphatic hydroxyl groups excluding tert-OH is 1. The van der Waals surface area contributed by atoms with Crippen molar-refractivity contribution in [1.29, 1.82) is 0 Å². The number of imidazole rings is 1. The number of aromatic nitrogens is 3. The van der Waals surface area contributed by atoms with Gasteiger partial charge in [-0.1, -0.05) is 18.2 Å². The zero-order valence-electron chi connectivity index (χ0n) is 18.3. The zero-order valence-corrected chi connectivity index (χ0v) is 18.3. The molecule has 0 saturated heterocycles. The number of carbonyl (C=O) groups excluding carboxylic acids is 1. The fourth-order valence-corrected chi connectivity index (χ4v) is 4.80. The van der Waals surface area contributed by atoms with E-state index < -0.39 is 35.9 Å². The second kappa shape index (κ2) is 7.76. The van der Waals surface area contributed by atoms with E-state index in [-0.39, 0.29) is 12.4 Å². The number of halogens is 2. The normalized spacial score (nSPS) is 19.1. The largest absolute Gasteiger partial charge is 0.458 e. The number of hydrogen-bond donors (Lipinski definition) is 2. The molecule has 2 aliphatic rings. The van der Waals surface area contributed by atoms with Gasteiger partial charge in [0.25, 0.3) is 12.3 Å². The molecule has 1 aromatic carbocycles. The lowest BCUT2D eigenvalue weighted by Crippen LogP contribution is -2.41. The Morgan fingerprint density at radius 3 is 2.79 bits per heavy atom. The van der Waals surface area contributed by atoms with Gasteiger partial charge in [0.1, 0.15) is 23.5 Å². The van der Waals surface area contributed by atoms with Crippen LogP contribution in [-0.2, 0) is 6.42 Å². The van der Waals surface area contributed by atoms with Crippen LogP contribution in [0.25, 0.3) is 11.0 Å². The van der Waals surface area contributed by atoms with E-state index in [9.17, 15) is 18.7 Å². The third-order valence-corrected chi connectivity index (χ3v) is 6.51. The van der Waals surface area contributed by atoms with Gasteiger partial charge >= 0.3 is 0 Å². The number of H-pyrrole nitrogens is 1. The van der Waals surface area contributed by atoms with Crippen LogP contribution in [0.15, 0.2) is 39.4 Å². The summed E-state index contributed by atoms with van der Waals surface area (Å²) in [5.41, 5.74) is 2.45. The molecule has 2 atom stereocenters. The predicted octanol–water partition coefficient (Wildman–Crippen LogP) is 4.80. The quantitative estimate of drug-likeness (QED) is 0.436. The molecule has 1 fully saturated rings. The van der Waals surface area contributed by atoms with Gasteiger partial charge in [-0.3, -0.25) is 4.79 Å². The van der Waals surface area contributed by atoms with Crippen LogP contribution < -0.4 is 0 Å². The summed E-state index contributed by atoms with van der Waals surface area (Å²) in [7, 11) is 0. The van der Waals surface area contributed by atoms with E-state index in [1.165, 1.54) is 11.8 Å². The molecule has 8 nitrogen and oxygen atoms in total. The lowest BCUT2D eigenvalue weighted by Gasteiger charge is -2.33. The summed E-state index contributed by atoms with van der Waals surface area (Å²) in [6.45, 7) is 1.58. The number of aromatic amines is 1. The van der Waals surface area contributed by atoms with E-state index in [1.54, 1.807) is 6.33 Å². The van der Waals surface area contributed by atoms with Crippen molar-refractivity contribution in [3.05, 3.63) is 70.6 Å². The molecule has 1 aliphatic carbocycles. The second-order valence-electron chi connectivity index (χ2n) is 8.81. The number of oxazole rings is 1. The number of amides is 1. The fraction of sp³-hybridized carbons (Fsp3) is 0.375. The molecule has 0 unspecified atom stereocenters. The molecule has 3 aromatic heterocycles. The Morgan fingerprint density at radius 1 is 1.26 bits per heavy atom. The molecule has 0 bridgehead atoms. The Labute approximate surface area is 192 Å². The van der Waals surface area contributed by atoms with Gasteiger partial charge in [0.2, 0.25) is 11.7 Å². The van der Waals surface area contributed by atoms with Crippen LogP contribution in [0, 0.1) is 0 Å². The van der Waals surface area contributed by atoms with Crippen molar-refractivity contribution in [2.24, 2.45) is 0 Å². The number of nitrogens with zero attached hydrogens (tertiary/aromatic N) is 3. The van der Waals surface area contributed by atoms with Gasteiger partial charge in [0, 0.05) is 29.6 Å². The van der Waals surface area contributed by atoms with Crippen molar-refractivity contribution in [3.8, 4) is 0 Å². The van der Waals surface area contributed by atoms with Crippen LogP contribution >= 0.6 is 0 Å². The number of aliphatic hydroxyl groups is 1. The minimum atomic E-state index is -3.03. The third-order valence-electron chi connectivity index (χ3n) is 6.51. The summed E-state index contributed by atoms with van der Waals surface area (Å²) in [6.07, 6.45) is -0.202. The minimum Gasteiger partial charge on any atom is -0.458 e. The first-order valence-corrected chi connectivity index (χ1v) is 11.2. The number of hydrogen-bond acceptors (Lipinski definition) is 6. The van der Waals surface area contributed by atoms with Crippen LogP contribution in [0.5, 0.6) is 0 Å². The lowest BCUT2D eigenvalue weighted by molar-refractivity contribution is 0.0616. The number of fused-ring (bicyclic) bond motifs is 2. The monoisotopic (exact) mass is 468 g/mol. The van der Waals surface area contributed by atoms with Crippen molar-refractivity contribution in [2.45, 2.75) is 50.7 Å². The van der Waals surface area contributed by atoms with Gasteiger partial charge in [-0.25, -0.2) is 18.7 Å². The molecule has 0 radical (unpaired) electrons. The SMILES string of the molecule is C[C@@H](O)c1nc(C(F)F)c(C(=O)N2CCc3[nH]cnc3[C@H]2c2oc3ccccc3c2C2CC2)o1. The Hall–Kier alpha value is -3.53. The third kappa shape index (κ3) is 3.24. The highest BCUT2D eigenvalue weighted by Crippen LogP contribution is 2.50. The van der Waals surface area contributed by atoms with E-state index in [1.807, 2.05) is 24.3 Å². The van der Waals surface area contributed by atoms with Crippen molar-refractivity contribution in [3.63, 3.8) is 0 Å². The number of benzene rings is 1. The Morgan fingerprint density at radius 2 is 2.06 bits per heavy atom. The molecule has 34 heavy (non-hydrogen) atoms. The lowest BCUT2D eigenvalue weighted by atomic mass is 9.94. The molecular weight excluding hydrogens is 446 g/mol. The molecule has 0 spiro atoms. The van der Waals surface area contributed by atoms with Crippen molar-refractivity contribution in [2.75, 3.05) is 6.54 Å². The highest BCUT2D eigenvalue weighted by molar-refractivity contribution is 5.93. The zero-order chi connectivity index (χ0) is 23.6. The van der Waals surface area contributed by atoms with E-state index in [2.05, 4.69) is 15.0 Å². The molecular formula is C24H22F2N4O4. The van der Waals surface area contributed by atoms with E-state index in [0.717, 1.165) is 29.5 Å². The summed E-state index contributed by atoms with van der Waals surface area (Å²) in [5.74, 6) is -0.729. The van der Waals surface area contributed by atoms with Crippen LogP contribution in [-0.4, -0.2) is 37.4 Å². The van der Waals surface area contributed by atoms with Gasteiger partial charge in [0.05, 0.1) is 12.0 Å². The maximum absolute atomic E-state index is 13.7. The predicted molar refractivity (Wildman–Crippen MR) is 115 cm³/mol. The standard InChI is InChI=1S/C24H22F2N4O4/c1-11(31)23-29-18(22(25)26)21(34-23)24(32)30-9-8-14-17(28-10-27-14)19(30)20-16(12-6-7-12)13-4-2-3-5-15(13)33-20/h2-5,10-12,19,22,31H,6-9H2,1H3,(H,27,28)/t11-,19+/m1/s1. The van der Waals surface area contributed by atoms with Gasteiger partial charge in [-0.05, 0) is 31.7 Å². The van der Waals surface area contributed by atoms with E-state index in [4.69, 9.17) is 8.83 Å². The Kier molecular flexibility index (Phi) is 4.80. The molecule has 1 saturated carbocycles. The first kappa shape index (κ1) is 21.0. The van der Waals surface area contributed by atoms with Gasteiger partial charge in [0.15, 0.2) is 5.69 Å². The Bertz CT molecular complexity index is 1380. The first-order chi connectivity index (χ1) is 16.4. The smallest absolute Gasteiger partial charge is 0.292 e. The molecule has 4 heterocycles. The molecule has 6 rings (SSSR count). The van der Waals surface area contributed by atoms with Crippen LogP contribution in [0.1, 0.15) is 89.1 Å². The number of alkyl halides is 2. The molecule has 10 heteroatoms. The summed E-state index contributed by atoms with van der Waals surface area (Å²) in [5, 5.41) is 10.8. The van der Waals surface area contributed by atoms with Crippen LogP contribution in [0.2, 0.25) is 0 Å². The number of nitrogens with one attached hydrogen (secondary N) is 1. The van der Waals surface area contributed by atoms with Crippen LogP contribution in [0.4, 0.5) is 8.78 Å². The second-order valence-corrected chi connectivity index (χ2v) is 8.81. The molecule has 176 valence electrons. The molecule has 2 N–H and O–H groups in total. The van der Waals surface area contributed by atoms with Gasteiger partial charge < -0.3 is 23.8 Å². The number of para-hydroxylation sites is 1. The summed E-state index contributed by atoms with van der Waals surface area (Å²) in [4.78, 5) is 26.4. The number of furan rings is 1. The van der Waals surface area contributed by atoms with Crippen LogP contribution in [0.3, 0.4) is 0 Å². The van der Waals surface area contributed by atoms with Crippen molar-refractivity contribution >= 4 is 16.9 Å². The van der Waals surface area contributed by atoms with Gasteiger partial charge in [-0.2, -0.15) is 0 Å². The molecule has 1 amide bonds. The summed E-state index contributed by atoms with van der Waals surface area (Å²) >= 11 is 0. The topological polar surface area (TPSA) is 108 Å². The highest BCUT2D eigenvalue weighted by Gasteiger charge is 2.43. The average Bonchev–Trinajstić information content (AvgIpc) is 3.25. The van der Waals surface area contributed by atoms with Gasteiger partial charge in [-0.15, -0.1) is 0 Å². The first-order valence-electron chi connectivity index (χ1n) is 11.2. The summed E-state index contributed by atoms with van der Waals surface area (Å²) in [6, 6.07) is 6.99. The highest BCUT2D eigenvalue weighted by atomic mass is 19.3. The van der Waals surface area contributed by atoms with Crippen molar-refractivity contribution < 1.29 is 27.5 Å². The minimum absolute atomic E-state index is 0.243. The Balaban J connectivity index is 1.51. The van der Waals surface area contributed by atoms with E-state index >= 15 is 0 Å². The molecule has 4 aromatic rings. The van der Waals surface area contributed by atoms with Crippen molar-refractivity contribution in [1.82, 2.24) is 19.9 Å². The average molecular weight is 468 g/mol. The summed E-state index contributed by atoms with van der Waals surface area (Å²) < 4.78 is 39.2. The van der Waals surface area contributed by atoms with E-state index in [0.29, 0.717) is 29.4 Å².